The smallest absolute Gasteiger partial charge is 0.332 e. The molecule has 3 aromatic rings. The van der Waals surface area contributed by atoms with E-state index in [0.717, 1.165) is 12.8 Å². The van der Waals surface area contributed by atoms with Gasteiger partial charge in [0.2, 0.25) is 0 Å². The molecule has 0 amide bonds. The highest BCUT2D eigenvalue weighted by molar-refractivity contribution is 6.66. The predicted octanol–water partition coefficient (Wildman–Crippen LogP) is 3.85. The third kappa shape index (κ3) is 4.43. The second-order valence-corrected chi connectivity index (χ2v) is 8.10. The van der Waals surface area contributed by atoms with E-state index >= 15 is 0 Å². The second-order valence-electron chi connectivity index (χ2n) is 7.66. The van der Waals surface area contributed by atoms with Crippen LogP contribution in [0.4, 0.5) is 10.2 Å². The summed E-state index contributed by atoms with van der Waals surface area (Å²) in [7, 11) is 0. The number of hydrogen-bond acceptors (Lipinski definition) is 6. The first-order valence-corrected chi connectivity index (χ1v) is 11.0. The average Bonchev–Trinajstić information content (AvgIpc) is 3.40. The van der Waals surface area contributed by atoms with Crippen molar-refractivity contribution in [2.75, 3.05) is 0 Å². The molecule has 32 heavy (non-hydrogen) atoms. The normalized spacial score (nSPS) is 12.8. The van der Waals surface area contributed by atoms with E-state index in [1.165, 1.54) is 10.6 Å². The van der Waals surface area contributed by atoms with E-state index in [9.17, 15) is 14.0 Å². The molecule has 3 heterocycles. The number of rotatable bonds is 9. The van der Waals surface area contributed by atoms with Gasteiger partial charge in [0.05, 0.1) is 11.1 Å². The van der Waals surface area contributed by atoms with Gasteiger partial charge in [-0.3, -0.25) is 13.9 Å². The van der Waals surface area contributed by atoms with E-state index in [1.54, 1.807) is 22.8 Å². The van der Waals surface area contributed by atoms with Gasteiger partial charge in [-0.15, -0.1) is 0 Å². The summed E-state index contributed by atoms with van der Waals surface area (Å²) in [6.07, 6.45) is 3.66. The van der Waals surface area contributed by atoms with Crippen molar-refractivity contribution in [2.24, 2.45) is 4.99 Å². The van der Waals surface area contributed by atoms with Crippen molar-refractivity contribution in [3.05, 3.63) is 62.3 Å². The van der Waals surface area contributed by atoms with Crippen molar-refractivity contribution in [2.45, 2.75) is 58.5 Å². The second kappa shape index (κ2) is 9.60. The van der Waals surface area contributed by atoms with E-state index in [-0.39, 0.29) is 35.7 Å². The van der Waals surface area contributed by atoms with Crippen molar-refractivity contribution < 1.29 is 8.91 Å². The minimum Gasteiger partial charge on any atom is -0.334 e. The maximum absolute atomic E-state index is 13.9. The Balaban J connectivity index is 1.44. The van der Waals surface area contributed by atoms with Crippen LogP contribution in [0.2, 0.25) is 0 Å². The van der Waals surface area contributed by atoms with Crippen LogP contribution in [0.15, 0.2) is 43.4 Å². The Bertz CT molecular complexity index is 1280. The number of hydrogen-bond donors (Lipinski definition) is 0. The number of halogens is 2. The molecule has 1 aliphatic rings. The van der Waals surface area contributed by atoms with E-state index in [0.29, 0.717) is 48.2 Å². The van der Waals surface area contributed by atoms with Crippen molar-refractivity contribution in [3.63, 3.8) is 0 Å². The van der Waals surface area contributed by atoms with E-state index in [1.807, 2.05) is 6.92 Å². The Morgan fingerprint density at radius 1 is 1.12 bits per heavy atom. The molecule has 1 aliphatic heterocycles. The topological polar surface area (TPSA) is 95.3 Å². The molecule has 0 N–H and O–H groups in total. The average molecular weight is 460 g/mol. The molecule has 168 valence electrons. The molecular formula is C22H23ClFN5O3. The summed E-state index contributed by atoms with van der Waals surface area (Å²) >= 11 is 6.05. The Labute approximate surface area is 188 Å². The molecule has 2 aromatic heterocycles. The first-order valence-electron chi connectivity index (χ1n) is 10.7. The van der Waals surface area contributed by atoms with Gasteiger partial charge in [0.1, 0.15) is 16.8 Å². The number of aromatic nitrogens is 4. The fourth-order valence-electron chi connectivity index (χ4n) is 3.70. The lowest BCUT2D eigenvalue weighted by Gasteiger charge is -2.13. The van der Waals surface area contributed by atoms with Crippen LogP contribution in [0.25, 0.3) is 11.5 Å². The first kappa shape index (κ1) is 22.1. The largest absolute Gasteiger partial charge is 0.334 e. The summed E-state index contributed by atoms with van der Waals surface area (Å²) in [5, 5.41) is 4.22. The van der Waals surface area contributed by atoms with Gasteiger partial charge in [-0.2, -0.15) is 4.98 Å². The number of benzene rings is 1. The van der Waals surface area contributed by atoms with Crippen LogP contribution in [0.3, 0.4) is 0 Å². The highest BCUT2D eigenvalue weighted by atomic mass is 35.5. The van der Waals surface area contributed by atoms with Crippen LogP contribution in [0.5, 0.6) is 0 Å². The Morgan fingerprint density at radius 3 is 2.69 bits per heavy atom. The molecule has 4 rings (SSSR count). The minimum atomic E-state index is -0.429. The molecule has 0 saturated heterocycles. The molecule has 0 spiro atoms. The SMILES string of the molecule is CCCCn1c2c(c(=O)n(CCCCc3noc(-c4ccccc4F)n3)c1=O)CC(Cl)=N2. The summed E-state index contributed by atoms with van der Waals surface area (Å²) in [6.45, 7) is 2.80. The van der Waals surface area contributed by atoms with Crippen LogP contribution in [0.1, 0.15) is 44.0 Å². The number of fused-ring (bicyclic) bond motifs is 1. The van der Waals surface area contributed by atoms with Crippen LogP contribution < -0.4 is 11.2 Å². The highest BCUT2D eigenvalue weighted by Crippen LogP contribution is 2.24. The minimum absolute atomic E-state index is 0.128. The highest BCUT2D eigenvalue weighted by Gasteiger charge is 2.24. The Morgan fingerprint density at radius 2 is 1.91 bits per heavy atom. The van der Waals surface area contributed by atoms with Crippen LogP contribution >= 0.6 is 11.6 Å². The van der Waals surface area contributed by atoms with Gasteiger partial charge in [-0.25, -0.2) is 14.2 Å². The molecule has 10 heteroatoms. The molecule has 0 bridgehead atoms. The van der Waals surface area contributed by atoms with Gasteiger partial charge in [0, 0.05) is 25.9 Å². The maximum atomic E-state index is 13.9. The standard InChI is InChI=1S/C22H23ClFN5O3/c1-2-3-11-28-19-15(13-17(23)25-19)21(30)29(22(28)31)12-7-6-10-18-26-20(32-27-18)14-8-4-5-9-16(14)24/h4-5,8-9H,2-3,6-7,10-13H2,1H3. The van der Waals surface area contributed by atoms with Crippen molar-refractivity contribution in [3.8, 4) is 11.5 Å². The van der Waals surface area contributed by atoms with E-state index in [2.05, 4.69) is 15.1 Å². The van der Waals surface area contributed by atoms with Crippen LogP contribution in [-0.2, 0) is 25.9 Å². The Hall–Kier alpha value is -3.07. The van der Waals surface area contributed by atoms with Gasteiger partial charge in [-0.05, 0) is 31.4 Å². The van der Waals surface area contributed by atoms with E-state index < -0.39 is 5.82 Å². The van der Waals surface area contributed by atoms with E-state index in [4.69, 9.17) is 16.1 Å². The number of aliphatic imine (C=N–C) groups is 1. The number of nitrogens with zero attached hydrogens (tertiary/aromatic N) is 5. The molecule has 0 radical (unpaired) electrons. The van der Waals surface area contributed by atoms with Gasteiger partial charge >= 0.3 is 5.69 Å². The summed E-state index contributed by atoms with van der Waals surface area (Å²) in [5.41, 5.74) is 0.0279. The predicted molar refractivity (Wildman–Crippen MR) is 119 cm³/mol. The van der Waals surface area contributed by atoms with Gasteiger partial charge in [-0.1, -0.05) is 42.2 Å². The fourth-order valence-corrected chi connectivity index (χ4v) is 3.91. The zero-order valence-corrected chi connectivity index (χ0v) is 18.4. The summed E-state index contributed by atoms with van der Waals surface area (Å²) in [4.78, 5) is 34.3. The molecule has 0 saturated carbocycles. The zero-order valence-electron chi connectivity index (χ0n) is 17.7. The maximum Gasteiger partial charge on any atom is 0.332 e. The van der Waals surface area contributed by atoms with Crippen molar-refractivity contribution in [1.29, 1.82) is 0 Å². The molecule has 1 aromatic carbocycles. The molecule has 8 nitrogen and oxygen atoms in total. The van der Waals surface area contributed by atoms with Crippen molar-refractivity contribution in [1.82, 2.24) is 19.3 Å². The number of aryl methyl sites for hydroxylation is 1. The molecule has 0 fully saturated rings. The summed E-state index contributed by atoms with van der Waals surface area (Å²) in [5.74, 6) is 0.540. The summed E-state index contributed by atoms with van der Waals surface area (Å²) < 4.78 is 21.9. The quantitative estimate of drug-likeness (QED) is 0.453. The lowest BCUT2D eigenvalue weighted by atomic mass is 10.2. The van der Waals surface area contributed by atoms with Crippen molar-refractivity contribution >= 4 is 22.6 Å². The number of unbranched alkanes of at least 4 members (excludes halogenated alkanes) is 2. The lowest BCUT2D eigenvalue weighted by Crippen LogP contribution is -2.41. The monoisotopic (exact) mass is 459 g/mol. The molecule has 0 atom stereocenters. The van der Waals surface area contributed by atoms with Crippen LogP contribution in [-0.4, -0.2) is 24.4 Å². The third-order valence-electron chi connectivity index (χ3n) is 5.38. The van der Waals surface area contributed by atoms with Gasteiger partial charge in [0.15, 0.2) is 5.82 Å². The molecule has 0 aliphatic carbocycles. The third-order valence-corrected chi connectivity index (χ3v) is 5.60. The molecule has 0 unspecified atom stereocenters. The van der Waals surface area contributed by atoms with Crippen LogP contribution in [0, 0.1) is 5.82 Å². The lowest BCUT2D eigenvalue weighted by molar-refractivity contribution is 0.418. The first-order chi connectivity index (χ1) is 15.5. The summed E-state index contributed by atoms with van der Waals surface area (Å²) in [6, 6.07) is 6.20. The van der Waals surface area contributed by atoms with Gasteiger partial charge < -0.3 is 4.52 Å². The zero-order chi connectivity index (χ0) is 22.7. The fraction of sp³-hybridized carbons (Fsp3) is 0.409. The Kier molecular flexibility index (Phi) is 6.64. The molecular weight excluding hydrogens is 437 g/mol. The van der Waals surface area contributed by atoms with Gasteiger partial charge in [0.25, 0.3) is 11.4 Å².